The van der Waals surface area contributed by atoms with Gasteiger partial charge in [-0.15, -0.1) is 0 Å². The first-order chi connectivity index (χ1) is 9.45. The molecule has 0 radical (unpaired) electrons. The molecule has 0 aliphatic carbocycles. The number of amides is 2. The van der Waals surface area contributed by atoms with E-state index in [9.17, 15) is 14.7 Å². The molecule has 0 aromatic carbocycles. The highest BCUT2D eigenvalue weighted by Crippen LogP contribution is 2.38. The number of nitrogens with one attached hydrogen (secondary N) is 1. The number of carboxylic acids is 1. The average Bonchev–Trinajstić information content (AvgIpc) is 3.05. The van der Waals surface area contributed by atoms with Gasteiger partial charge in [0.15, 0.2) is 5.76 Å². The van der Waals surface area contributed by atoms with Crippen molar-refractivity contribution in [3.8, 4) is 0 Å². The Morgan fingerprint density at radius 1 is 1.60 bits per heavy atom. The lowest BCUT2D eigenvalue weighted by Crippen LogP contribution is -2.43. The van der Waals surface area contributed by atoms with Crippen LogP contribution in [0.1, 0.15) is 26.0 Å². The Hall–Kier alpha value is -2.05. The van der Waals surface area contributed by atoms with Crippen LogP contribution < -0.4 is 5.32 Å². The fraction of sp³-hybridized carbons (Fsp3) is 0.615. The van der Waals surface area contributed by atoms with Gasteiger partial charge in [-0.1, -0.05) is 19.0 Å². The zero-order valence-corrected chi connectivity index (χ0v) is 11.6. The monoisotopic (exact) mass is 281 g/mol. The number of nitrogens with zero attached hydrogens (tertiary/aromatic N) is 2. The maximum atomic E-state index is 12.0. The number of hydrogen-bond acceptors (Lipinski definition) is 4. The van der Waals surface area contributed by atoms with E-state index in [4.69, 9.17) is 4.52 Å². The van der Waals surface area contributed by atoms with Crippen LogP contribution in [-0.4, -0.2) is 40.3 Å². The maximum Gasteiger partial charge on any atom is 0.317 e. The third kappa shape index (κ3) is 2.61. The number of urea groups is 1. The summed E-state index contributed by atoms with van der Waals surface area (Å²) in [5.74, 6) is -0.295. The van der Waals surface area contributed by atoms with E-state index in [0.717, 1.165) is 0 Å². The molecule has 110 valence electrons. The van der Waals surface area contributed by atoms with Crippen molar-refractivity contribution in [2.75, 3.05) is 13.1 Å². The van der Waals surface area contributed by atoms with Crippen molar-refractivity contribution in [1.82, 2.24) is 15.4 Å². The van der Waals surface area contributed by atoms with Gasteiger partial charge in [-0.2, -0.15) is 0 Å². The van der Waals surface area contributed by atoms with E-state index in [1.54, 1.807) is 11.0 Å². The van der Waals surface area contributed by atoms with Crippen LogP contribution in [0.25, 0.3) is 0 Å². The van der Waals surface area contributed by atoms with Gasteiger partial charge in [0.1, 0.15) is 0 Å². The van der Waals surface area contributed by atoms with Crippen molar-refractivity contribution in [3.63, 3.8) is 0 Å². The van der Waals surface area contributed by atoms with E-state index in [2.05, 4.69) is 10.5 Å². The van der Waals surface area contributed by atoms with Crippen LogP contribution in [0.2, 0.25) is 0 Å². The molecular weight excluding hydrogens is 262 g/mol. The average molecular weight is 281 g/mol. The summed E-state index contributed by atoms with van der Waals surface area (Å²) in [6.07, 6.45) is 1.99. The highest BCUT2D eigenvalue weighted by Gasteiger charge is 2.48. The number of aromatic nitrogens is 1. The van der Waals surface area contributed by atoms with E-state index < -0.39 is 11.4 Å². The van der Waals surface area contributed by atoms with Crippen LogP contribution in [-0.2, 0) is 11.3 Å². The molecule has 0 spiro atoms. The Kier molecular flexibility index (Phi) is 3.96. The van der Waals surface area contributed by atoms with Crippen molar-refractivity contribution < 1.29 is 19.2 Å². The number of aliphatic carboxylic acids is 1. The van der Waals surface area contributed by atoms with Crippen molar-refractivity contribution in [2.24, 2.45) is 11.3 Å². The summed E-state index contributed by atoms with van der Waals surface area (Å²) >= 11 is 0. The van der Waals surface area contributed by atoms with Gasteiger partial charge in [0.2, 0.25) is 0 Å². The predicted octanol–water partition coefficient (Wildman–Crippen LogP) is 1.32. The smallest absolute Gasteiger partial charge is 0.317 e. The molecule has 1 aliphatic heterocycles. The Morgan fingerprint density at radius 3 is 2.85 bits per heavy atom. The van der Waals surface area contributed by atoms with Gasteiger partial charge in [-0.05, 0) is 12.3 Å². The summed E-state index contributed by atoms with van der Waals surface area (Å²) in [5.41, 5.74) is -0.844. The van der Waals surface area contributed by atoms with Crippen LogP contribution in [0, 0.1) is 11.3 Å². The lowest BCUT2D eigenvalue weighted by molar-refractivity contribution is -0.150. The minimum Gasteiger partial charge on any atom is -0.481 e. The largest absolute Gasteiger partial charge is 0.481 e. The van der Waals surface area contributed by atoms with Crippen LogP contribution >= 0.6 is 0 Å². The Morgan fingerprint density at radius 2 is 2.35 bits per heavy atom. The molecule has 1 fully saturated rings. The molecule has 20 heavy (non-hydrogen) atoms. The summed E-state index contributed by atoms with van der Waals surface area (Å²) in [5, 5.41) is 15.7. The lowest BCUT2D eigenvalue weighted by Gasteiger charge is -2.28. The number of likely N-dealkylation sites (tertiary alicyclic amines) is 1. The third-order valence-electron chi connectivity index (χ3n) is 4.02. The van der Waals surface area contributed by atoms with Crippen molar-refractivity contribution in [2.45, 2.75) is 26.8 Å². The SMILES string of the molecule is CC(C)C1(C(=O)O)CCN(C(=O)NCc2ccno2)C1. The van der Waals surface area contributed by atoms with Gasteiger partial charge in [0.25, 0.3) is 0 Å². The molecule has 2 amide bonds. The normalized spacial score (nSPS) is 22.2. The number of carboxylic acid groups (broad SMARTS) is 1. The molecule has 2 N–H and O–H groups in total. The third-order valence-corrected chi connectivity index (χ3v) is 4.02. The van der Waals surface area contributed by atoms with Gasteiger partial charge in [-0.25, -0.2) is 4.79 Å². The molecule has 0 saturated carbocycles. The first-order valence-electron chi connectivity index (χ1n) is 6.61. The van der Waals surface area contributed by atoms with E-state index in [0.29, 0.717) is 18.7 Å². The minimum absolute atomic E-state index is 0.0212. The van der Waals surface area contributed by atoms with E-state index >= 15 is 0 Å². The van der Waals surface area contributed by atoms with E-state index in [1.165, 1.54) is 6.20 Å². The fourth-order valence-electron chi connectivity index (χ4n) is 2.51. The molecule has 1 saturated heterocycles. The molecule has 7 nitrogen and oxygen atoms in total. The summed E-state index contributed by atoms with van der Waals surface area (Å²) in [6.45, 7) is 4.69. The van der Waals surface area contributed by atoms with Crippen LogP contribution in [0.3, 0.4) is 0 Å². The fourth-order valence-corrected chi connectivity index (χ4v) is 2.51. The molecule has 1 aromatic rings. The summed E-state index contributed by atoms with van der Waals surface area (Å²) in [6, 6.07) is 1.39. The van der Waals surface area contributed by atoms with Crippen molar-refractivity contribution in [3.05, 3.63) is 18.0 Å². The topological polar surface area (TPSA) is 95.7 Å². The zero-order chi connectivity index (χ0) is 14.8. The van der Waals surface area contributed by atoms with Gasteiger partial charge in [-0.3, -0.25) is 4.79 Å². The van der Waals surface area contributed by atoms with Crippen LogP contribution in [0.15, 0.2) is 16.8 Å². The van der Waals surface area contributed by atoms with Crippen LogP contribution in [0.5, 0.6) is 0 Å². The molecule has 1 unspecified atom stereocenters. The quantitative estimate of drug-likeness (QED) is 0.867. The van der Waals surface area contributed by atoms with E-state index in [1.807, 2.05) is 13.8 Å². The highest BCUT2D eigenvalue weighted by atomic mass is 16.5. The summed E-state index contributed by atoms with van der Waals surface area (Å²) < 4.78 is 4.89. The second kappa shape index (κ2) is 5.52. The number of carbonyl (C=O) groups excluding carboxylic acids is 1. The first kappa shape index (κ1) is 14.4. The molecule has 7 heteroatoms. The Bertz CT molecular complexity index is 486. The Labute approximate surface area is 116 Å². The standard InChI is InChI=1S/C13H19N3O4/c1-9(2)13(11(17)18)4-6-16(8-13)12(19)14-7-10-3-5-15-20-10/h3,5,9H,4,6-8H2,1-2H3,(H,14,19)(H,17,18). The van der Waals surface area contributed by atoms with Crippen molar-refractivity contribution >= 4 is 12.0 Å². The second-order valence-electron chi connectivity index (χ2n) is 5.43. The van der Waals surface area contributed by atoms with Gasteiger partial charge < -0.3 is 19.8 Å². The lowest BCUT2D eigenvalue weighted by atomic mass is 9.76. The van der Waals surface area contributed by atoms with Gasteiger partial charge in [0, 0.05) is 19.2 Å². The second-order valence-corrected chi connectivity index (χ2v) is 5.43. The van der Waals surface area contributed by atoms with Crippen molar-refractivity contribution in [1.29, 1.82) is 0 Å². The molecule has 2 rings (SSSR count). The maximum absolute atomic E-state index is 12.0. The zero-order valence-electron chi connectivity index (χ0n) is 11.6. The van der Waals surface area contributed by atoms with E-state index in [-0.39, 0.29) is 25.0 Å². The molecule has 2 heterocycles. The van der Waals surface area contributed by atoms with Gasteiger partial charge >= 0.3 is 12.0 Å². The summed E-state index contributed by atoms with van der Waals surface area (Å²) in [7, 11) is 0. The Balaban J connectivity index is 1.94. The molecule has 1 aliphatic rings. The molecular formula is C13H19N3O4. The summed E-state index contributed by atoms with van der Waals surface area (Å²) in [4.78, 5) is 25.1. The highest BCUT2D eigenvalue weighted by molar-refractivity contribution is 5.80. The molecule has 1 aromatic heterocycles. The number of rotatable bonds is 4. The number of carbonyl (C=O) groups is 2. The number of hydrogen-bond donors (Lipinski definition) is 2. The predicted molar refractivity (Wildman–Crippen MR) is 69.8 cm³/mol. The molecule has 1 atom stereocenters. The van der Waals surface area contributed by atoms with Crippen LogP contribution in [0.4, 0.5) is 4.79 Å². The first-order valence-corrected chi connectivity index (χ1v) is 6.61. The molecule has 0 bridgehead atoms. The van der Waals surface area contributed by atoms with Gasteiger partial charge in [0.05, 0.1) is 18.2 Å². The minimum atomic E-state index is -0.844.